The summed E-state index contributed by atoms with van der Waals surface area (Å²) >= 11 is 18.6. The van der Waals surface area contributed by atoms with Crippen molar-refractivity contribution in [2.24, 2.45) is 23.7 Å². The highest BCUT2D eigenvalue weighted by molar-refractivity contribution is 6.39. The number of allylic oxidation sites excluding steroid dienone is 4. The molecule has 1 aromatic carbocycles. The summed E-state index contributed by atoms with van der Waals surface area (Å²) < 4.78 is 0. The van der Waals surface area contributed by atoms with Crippen LogP contribution < -0.4 is 5.32 Å². The Hall–Kier alpha value is -1.00. The number of hydrogen-bond donors (Lipinski definition) is 2. The third-order valence-corrected chi connectivity index (χ3v) is 6.78. The summed E-state index contributed by atoms with van der Waals surface area (Å²) in [4.78, 5) is 10.7. The first-order valence-electron chi connectivity index (χ1n) is 9.86. The molecule has 2 N–H and O–H groups in total. The van der Waals surface area contributed by atoms with E-state index in [1.165, 1.54) is 12.8 Å². The molecule has 4 atom stereocenters. The van der Waals surface area contributed by atoms with Crippen molar-refractivity contribution in [3.8, 4) is 0 Å². The van der Waals surface area contributed by atoms with Crippen LogP contribution in [0.15, 0.2) is 36.4 Å². The summed E-state index contributed by atoms with van der Waals surface area (Å²) in [6, 6.07) is 3.44. The van der Waals surface area contributed by atoms with E-state index in [-0.39, 0.29) is 6.42 Å². The van der Waals surface area contributed by atoms with Crippen LogP contribution in [0.2, 0.25) is 15.1 Å². The first-order valence-corrected chi connectivity index (χ1v) is 11.0. The number of rotatable bonds is 9. The number of unbranched alkanes of at least 4 members (excludes halogenated alkanes) is 1. The summed E-state index contributed by atoms with van der Waals surface area (Å²) in [6.45, 7) is 1.51. The van der Waals surface area contributed by atoms with Crippen LogP contribution >= 0.6 is 34.8 Å². The number of benzene rings is 1. The SMILES string of the molecule is O=C(O)CCC/C=C\[C@@H]1[C@@H](CNCc2c(Cl)cc(Cl)cc2Cl)[C@H]2C=C[C@@H]1CC2. The first-order chi connectivity index (χ1) is 13.5. The number of aliphatic carboxylic acids is 1. The lowest BCUT2D eigenvalue weighted by atomic mass is 9.62. The molecule has 3 nitrogen and oxygen atoms in total. The van der Waals surface area contributed by atoms with Crippen molar-refractivity contribution in [3.63, 3.8) is 0 Å². The van der Waals surface area contributed by atoms with E-state index in [0.717, 1.165) is 18.5 Å². The van der Waals surface area contributed by atoms with Crippen molar-refractivity contribution in [1.29, 1.82) is 0 Å². The molecule has 0 unspecified atom stereocenters. The Kier molecular flexibility index (Phi) is 7.87. The standard InChI is InChI=1S/C22H26Cl3NO2/c23-16-10-20(24)19(21(25)11-16)13-26-12-18-15-8-6-14(7-9-15)17(18)4-2-1-3-5-22(27)28/h2,4,6,8,10-11,14-15,17-18,26H,1,3,5,7,9,12-13H2,(H,27,28)/b4-2-/t14-,15+,17+,18+/m1/s1. The smallest absolute Gasteiger partial charge is 0.303 e. The monoisotopic (exact) mass is 441 g/mol. The van der Waals surface area contributed by atoms with E-state index in [9.17, 15) is 4.79 Å². The van der Waals surface area contributed by atoms with Crippen molar-refractivity contribution >= 4 is 40.8 Å². The maximum Gasteiger partial charge on any atom is 0.303 e. The minimum Gasteiger partial charge on any atom is -0.481 e. The summed E-state index contributed by atoms with van der Waals surface area (Å²) in [5.41, 5.74) is 0.880. The predicted molar refractivity (Wildman–Crippen MR) is 116 cm³/mol. The van der Waals surface area contributed by atoms with E-state index in [4.69, 9.17) is 39.9 Å². The van der Waals surface area contributed by atoms with Gasteiger partial charge in [-0.25, -0.2) is 0 Å². The van der Waals surface area contributed by atoms with Crippen LogP contribution in [0.25, 0.3) is 0 Å². The second kappa shape index (κ2) is 10.2. The summed E-state index contributed by atoms with van der Waals surface area (Å²) in [6.07, 6.45) is 13.4. The molecule has 6 heteroatoms. The van der Waals surface area contributed by atoms with Gasteiger partial charge in [-0.05, 0) is 68.0 Å². The van der Waals surface area contributed by atoms with Crippen LogP contribution in [0.5, 0.6) is 0 Å². The minimum absolute atomic E-state index is 0.231. The summed E-state index contributed by atoms with van der Waals surface area (Å²) in [5, 5.41) is 14.0. The minimum atomic E-state index is -0.727. The number of hydrogen-bond acceptors (Lipinski definition) is 2. The van der Waals surface area contributed by atoms with Gasteiger partial charge < -0.3 is 10.4 Å². The number of nitrogens with one attached hydrogen (secondary N) is 1. The largest absolute Gasteiger partial charge is 0.481 e. The van der Waals surface area contributed by atoms with Gasteiger partial charge in [0.15, 0.2) is 0 Å². The molecule has 0 amide bonds. The maximum absolute atomic E-state index is 10.7. The molecule has 1 saturated carbocycles. The summed E-state index contributed by atoms with van der Waals surface area (Å²) in [5.74, 6) is 1.47. The van der Waals surface area contributed by atoms with Gasteiger partial charge >= 0.3 is 5.97 Å². The Labute approximate surface area is 181 Å². The second-order valence-electron chi connectivity index (χ2n) is 7.72. The van der Waals surface area contributed by atoms with E-state index in [2.05, 4.69) is 29.6 Å². The van der Waals surface area contributed by atoms with Gasteiger partial charge in [-0.3, -0.25) is 4.79 Å². The Balaban J connectivity index is 1.58. The van der Waals surface area contributed by atoms with E-state index in [0.29, 0.717) is 51.7 Å². The van der Waals surface area contributed by atoms with Crippen LogP contribution in [0.3, 0.4) is 0 Å². The Bertz CT molecular complexity index is 739. The van der Waals surface area contributed by atoms with Crippen LogP contribution in [-0.2, 0) is 11.3 Å². The van der Waals surface area contributed by atoms with E-state index in [1.807, 2.05) is 0 Å². The zero-order valence-corrected chi connectivity index (χ0v) is 18.0. The molecular weight excluding hydrogens is 417 g/mol. The molecule has 3 aliphatic carbocycles. The molecule has 1 aromatic rings. The van der Waals surface area contributed by atoms with Crippen molar-refractivity contribution in [2.75, 3.05) is 6.54 Å². The lowest BCUT2D eigenvalue weighted by molar-refractivity contribution is -0.137. The van der Waals surface area contributed by atoms with Gasteiger partial charge in [0, 0.05) is 33.6 Å². The van der Waals surface area contributed by atoms with Gasteiger partial charge in [-0.15, -0.1) is 0 Å². The second-order valence-corrected chi connectivity index (χ2v) is 8.98. The third kappa shape index (κ3) is 5.54. The van der Waals surface area contributed by atoms with Crippen LogP contribution in [-0.4, -0.2) is 17.6 Å². The van der Waals surface area contributed by atoms with Gasteiger partial charge in [-0.2, -0.15) is 0 Å². The van der Waals surface area contributed by atoms with Gasteiger partial charge in [-0.1, -0.05) is 59.1 Å². The van der Waals surface area contributed by atoms with Crippen molar-refractivity contribution in [3.05, 3.63) is 57.1 Å². The van der Waals surface area contributed by atoms with E-state index in [1.54, 1.807) is 12.1 Å². The lowest BCUT2D eigenvalue weighted by Crippen LogP contribution is -2.41. The number of carboxylic acids is 1. The lowest BCUT2D eigenvalue weighted by Gasteiger charge is -2.44. The number of fused-ring (bicyclic) bond motifs is 2. The van der Waals surface area contributed by atoms with Crippen molar-refractivity contribution in [1.82, 2.24) is 5.32 Å². The Morgan fingerprint density at radius 1 is 1.14 bits per heavy atom. The zero-order chi connectivity index (χ0) is 20.1. The van der Waals surface area contributed by atoms with Crippen LogP contribution in [0, 0.1) is 23.7 Å². The van der Waals surface area contributed by atoms with Gasteiger partial charge in [0.05, 0.1) is 0 Å². The van der Waals surface area contributed by atoms with Crippen molar-refractivity contribution < 1.29 is 9.90 Å². The average molecular weight is 443 g/mol. The molecule has 3 aliphatic rings. The molecular formula is C22H26Cl3NO2. The molecule has 28 heavy (non-hydrogen) atoms. The van der Waals surface area contributed by atoms with E-state index < -0.39 is 5.97 Å². The molecule has 0 heterocycles. The fraction of sp³-hybridized carbons (Fsp3) is 0.500. The molecule has 0 spiro atoms. The number of carbonyl (C=O) groups is 1. The topological polar surface area (TPSA) is 49.3 Å². The van der Waals surface area contributed by atoms with Crippen LogP contribution in [0.4, 0.5) is 0 Å². The van der Waals surface area contributed by atoms with Gasteiger partial charge in [0.2, 0.25) is 0 Å². The molecule has 2 bridgehead atoms. The zero-order valence-electron chi connectivity index (χ0n) is 15.7. The van der Waals surface area contributed by atoms with E-state index >= 15 is 0 Å². The molecule has 152 valence electrons. The van der Waals surface area contributed by atoms with Crippen LogP contribution in [0.1, 0.15) is 37.7 Å². The number of halogens is 3. The third-order valence-electron chi connectivity index (χ3n) is 5.88. The highest BCUT2D eigenvalue weighted by atomic mass is 35.5. The molecule has 4 rings (SSSR count). The predicted octanol–water partition coefficient (Wildman–Crippen LogP) is 6.38. The Morgan fingerprint density at radius 2 is 1.82 bits per heavy atom. The number of carboxylic acid groups (broad SMARTS) is 1. The average Bonchev–Trinajstić information content (AvgIpc) is 2.65. The molecule has 0 saturated heterocycles. The highest BCUT2D eigenvalue weighted by Crippen LogP contribution is 2.45. The van der Waals surface area contributed by atoms with Gasteiger partial charge in [0.1, 0.15) is 0 Å². The maximum atomic E-state index is 10.7. The molecule has 1 fully saturated rings. The fourth-order valence-corrected chi connectivity index (χ4v) is 5.40. The molecule has 0 aromatic heterocycles. The highest BCUT2D eigenvalue weighted by Gasteiger charge is 2.38. The normalized spacial score (nSPS) is 26.2. The quantitative estimate of drug-likeness (QED) is 0.345. The molecule has 0 aliphatic heterocycles. The first kappa shape index (κ1) is 21.7. The summed E-state index contributed by atoms with van der Waals surface area (Å²) in [7, 11) is 0. The van der Waals surface area contributed by atoms with Gasteiger partial charge in [0.25, 0.3) is 0 Å². The molecule has 0 radical (unpaired) electrons. The van der Waals surface area contributed by atoms with Crippen molar-refractivity contribution in [2.45, 2.75) is 38.6 Å². The fourth-order valence-electron chi connectivity index (χ4n) is 4.45. The Morgan fingerprint density at radius 3 is 2.46 bits per heavy atom.